The van der Waals surface area contributed by atoms with Crippen LogP contribution in [0.2, 0.25) is 5.02 Å². The second-order valence-corrected chi connectivity index (χ2v) is 11.2. The van der Waals surface area contributed by atoms with Gasteiger partial charge in [-0.25, -0.2) is 4.39 Å². The van der Waals surface area contributed by atoms with Crippen molar-refractivity contribution < 1.29 is 23.5 Å². The van der Waals surface area contributed by atoms with E-state index in [0.29, 0.717) is 25.5 Å². The first-order valence-electron chi connectivity index (χ1n) is 10.2. The van der Waals surface area contributed by atoms with E-state index in [1.54, 1.807) is 24.3 Å². The minimum Gasteiger partial charge on any atom is -0.493 e. The lowest BCUT2D eigenvalue weighted by Crippen LogP contribution is -2.27. The van der Waals surface area contributed by atoms with Gasteiger partial charge in [-0.05, 0) is 111 Å². The van der Waals surface area contributed by atoms with E-state index in [9.17, 15) is 14.0 Å². The number of carbonyl (C=O) groups excluding carboxylic acids is 2. The Morgan fingerprint density at radius 3 is 2.54 bits per heavy atom. The number of hydrogen-bond donors (Lipinski definition) is 0. The number of imide groups is 1. The predicted octanol–water partition coefficient (Wildman–Crippen LogP) is 7.51. The summed E-state index contributed by atoms with van der Waals surface area (Å²) in [6.07, 6.45) is 1.65. The first-order chi connectivity index (χ1) is 16.8. The molecule has 1 saturated heterocycles. The van der Waals surface area contributed by atoms with Crippen molar-refractivity contribution in [1.82, 2.24) is 4.90 Å². The molecule has 0 spiro atoms. The second-order valence-electron chi connectivity index (χ2n) is 7.42. The summed E-state index contributed by atoms with van der Waals surface area (Å²) in [6.45, 7) is 0.139. The van der Waals surface area contributed by atoms with E-state index >= 15 is 0 Å². The van der Waals surface area contributed by atoms with Crippen LogP contribution in [-0.2, 0) is 17.9 Å². The Bertz CT molecular complexity index is 1310. The molecule has 0 bridgehead atoms. The number of ether oxygens (including phenoxy) is 2. The molecule has 1 heterocycles. The molecular formula is C25H17ClFI2NO4S. The zero-order valence-electron chi connectivity index (χ0n) is 18.2. The SMILES string of the molecule is COc1cc(/C=C2\SC(=O)N(Cc3ccc(I)cc3)C2=O)cc(I)c1OCc1c(F)cccc1Cl. The molecule has 2 amide bonds. The highest BCUT2D eigenvalue weighted by Crippen LogP contribution is 2.38. The zero-order chi connectivity index (χ0) is 25.1. The molecule has 0 radical (unpaired) electrons. The summed E-state index contributed by atoms with van der Waals surface area (Å²) in [5.41, 5.74) is 1.79. The molecule has 4 rings (SSSR count). The summed E-state index contributed by atoms with van der Waals surface area (Å²) in [4.78, 5) is 27.0. The number of rotatable bonds is 7. The van der Waals surface area contributed by atoms with E-state index in [-0.39, 0.29) is 34.9 Å². The molecule has 0 N–H and O–H groups in total. The van der Waals surface area contributed by atoms with Gasteiger partial charge in [0.2, 0.25) is 0 Å². The van der Waals surface area contributed by atoms with Gasteiger partial charge in [-0.1, -0.05) is 29.8 Å². The van der Waals surface area contributed by atoms with E-state index in [4.69, 9.17) is 21.1 Å². The number of halogens is 4. The van der Waals surface area contributed by atoms with Gasteiger partial charge in [-0.3, -0.25) is 14.5 Å². The van der Waals surface area contributed by atoms with Crippen LogP contribution in [0, 0.1) is 13.0 Å². The van der Waals surface area contributed by atoms with Gasteiger partial charge >= 0.3 is 0 Å². The maximum Gasteiger partial charge on any atom is 0.293 e. The van der Waals surface area contributed by atoms with Crippen LogP contribution in [0.1, 0.15) is 16.7 Å². The summed E-state index contributed by atoms with van der Waals surface area (Å²) in [5.74, 6) is 0.0382. The molecule has 10 heteroatoms. The molecule has 1 aliphatic heterocycles. The third-order valence-electron chi connectivity index (χ3n) is 5.10. The van der Waals surface area contributed by atoms with Crippen LogP contribution >= 0.6 is 68.5 Å². The summed E-state index contributed by atoms with van der Waals surface area (Å²) in [6, 6.07) is 15.6. The molecular weight excluding hydrogens is 719 g/mol. The topological polar surface area (TPSA) is 55.8 Å². The lowest BCUT2D eigenvalue weighted by Gasteiger charge is -2.15. The van der Waals surface area contributed by atoms with E-state index in [1.807, 2.05) is 24.3 Å². The Morgan fingerprint density at radius 2 is 1.86 bits per heavy atom. The van der Waals surface area contributed by atoms with Crippen molar-refractivity contribution in [3.05, 3.63) is 94.2 Å². The van der Waals surface area contributed by atoms with Crippen LogP contribution in [0.3, 0.4) is 0 Å². The van der Waals surface area contributed by atoms with Gasteiger partial charge in [0, 0.05) is 9.13 Å². The third kappa shape index (κ3) is 6.12. The number of amides is 2. The van der Waals surface area contributed by atoms with Crippen LogP contribution in [0.5, 0.6) is 11.5 Å². The van der Waals surface area contributed by atoms with Gasteiger partial charge < -0.3 is 9.47 Å². The minimum absolute atomic E-state index is 0.0748. The highest BCUT2D eigenvalue weighted by atomic mass is 127. The lowest BCUT2D eigenvalue weighted by atomic mass is 10.1. The monoisotopic (exact) mass is 735 g/mol. The molecule has 0 saturated carbocycles. The van der Waals surface area contributed by atoms with Gasteiger partial charge in [0.1, 0.15) is 12.4 Å². The first kappa shape index (κ1) is 26.2. The molecule has 0 atom stereocenters. The smallest absolute Gasteiger partial charge is 0.293 e. The van der Waals surface area contributed by atoms with Crippen LogP contribution in [0.25, 0.3) is 6.08 Å². The minimum atomic E-state index is -0.455. The fraction of sp³-hybridized carbons (Fsp3) is 0.120. The number of carbonyl (C=O) groups is 2. The summed E-state index contributed by atoms with van der Waals surface area (Å²) >= 11 is 11.3. The number of benzene rings is 3. The predicted molar refractivity (Wildman–Crippen MR) is 152 cm³/mol. The Hall–Kier alpha value is -1.83. The Labute approximate surface area is 238 Å². The Balaban J connectivity index is 1.54. The molecule has 3 aromatic rings. The Kier molecular flexibility index (Phi) is 8.61. The number of hydrogen-bond acceptors (Lipinski definition) is 5. The van der Waals surface area contributed by atoms with E-state index in [0.717, 1.165) is 20.9 Å². The first-order valence-corrected chi connectivity index (χ1v) is 13.5. The van der Waals surface area contributed by atoms with Gasteiger partial charge in [0.25, 0.3) is 11.1 Å². The quantitative estimate of drug-likeness (QED) is 0.186. The van der Waals surface area contributed by atoms with Gasteiger partial charge in [-0.2, -0.15) is 0 Å². The van der Waals surface area contributed by atoms with Gasteiger partial charge in [0.05, 0.1) is 27.2 Å². The number of thioether (sulfide) groups is 1. The molecule has 0 aliphatic carbocycles. The highest BCUT2D eigenvalue weighted by Gasteiger charge is 2.35. The average molecular weight is 736 g/mol. The highest BCUT2D eigenvalue weighted by molar-refractivity contribution is 14.1. The average Bonchev–Trinajstić information content (AvgIpc) is 3.08. The van der Waals surface area contributed by atoms with Crippen molar-refractivity contribution in [2.45, 2.75) is 13.2 Å². The summed E-state index contributed by atoms with van der Waals surface area (Å²) < 4.78 is 27.2. The lowest BCUT2D eigenvalue weighted by molar-refractivity contribution is -0.123. The van der Waals surface area contributed by atoms with Crippen LogP contribution in [0.4, 0.5) is 9.18 Å². The molecule has 5 nitrogen and oxygen atoms in total. The van der Waals surface area contributed by atoms with Crippen molar-refractivity contribution in [2.75, 3.05) is 7.11 Å². The summed E-state index contributed by atoms with van der Waals surface area (Å²) in [7, 11) is 1.49. The maximum absolute atomic E-state index is 14.1. The molecule has 1 aliphatic rings. The molecule has 3 aromatic carbocycles. The largest absolute Gasteiger partial charge is 0.493 e. The zero-order valence-corrected chi connectivity index (χ0v) is 24.1. The van der Waals surface area contributed by atoms with Gasteiger partial charge in [0.15, 0.2) is 11.5 Å². The van der Waals surface area contributed by atoms with Crippen LogP contribution in [0.15, 0.2) is 59.5 Å². The standard InChI is InChI=1S/C25H17ClFI2NO4S/c1-33-21-10-15(9-20(29)23(21)34-13-17-18(26)3-2-4-19(17)27)11-22-24(31)30(25(32)35-22)12-14-5-7-16(28)8-6-14/h2-11H,12-13H2,1H3/b22-11-. The molecule has 35 heavy (non-hydrogen) atoms. The van der Waals surface area contributed by atoms with E-state index in [1.165, 1.54) is 24.1 Å². The molecule has 180 valence electrons. The normalized spacial score (nSPS) is 14.7. The van der Waals surface area contributed by atoms with E-state index in [2.05, 4.69) is 45.2 Å². The number of methoxy groups -OCH3 is 1. The molecule has 0 unspecified atom stereocenters. The van der Waals surface area contributed by atoms with Crippen molar-refractivity contribution in [3.63, 3.8) is 0 Å². The molecule has 0 aromatic heterocycles. The second kappa shape index (κ2) is 11.5. The summed E-state index contributed by atoms with van der Waals surface area (Å²) in [5, 5.41) is -0.0419. The van der Waals surface area contributed by atoms with Crippen molar-refractivity contribution in [2.24, 2.45) is 0 Å². The fourth-order valence-electron chi connectivity index (χ4n) is 3.34. The van der Waals surface area contributed by atoms with Crippen LogP contribution in [-0.4, -0.2) is 23.2 Å². The van der Waals surface area contributed by atoms with Crippen molar-refractivity contribution >= 4 is 85.8 Å². The number of nitrogens with zero attached hydrogens (tertiary/aromatic N) is 1. The molecule has 1 fully saturated rings. The third-order valence-corrected chi connectivity index (χ3v) is 7.88. The fourth-order valence-corrected chi connectivity index (χ4v) is 5.53. The van der Waals surface area contributed by atoms with E-state index < -0.39 is 5.82 Å². The van der Waals surface area contributed by atoms with Crippen molar-refractivity contribution in [3.8, 4) is 11.5 Å². The maximum atomic E-state index is 14.1. The Morgan fingerprint density at radius 1 is 1.11 bits per heavy atom. The van der Waals surface area contributed by atoms with Gasteiger partial charge in [-0.15, -0.1) is 0 Å². The van der Waals surface area contributed by atoms with Crippen molar-refractivity contribution in [1.29, 1.82) is 0 Å². The van der Waals surface area contributed by atoms with Crippen LogP contribution < -0.4 is 9.47 Å².